The third-order valence-corrected chi connectivity index (χ3v) is 3.91. The summed E-state index contributed by atoms with van der Waals surface area (Å²) in [7, 11) is 1.92. The summed E-state index contributed by atoms with van der Waals surface area (Å²) in [5.41, 5.74) is 6.18. The van der Waals surface area contributed by atoms with E-state index in [1.54, 1.807) is 0 Å². The molecular formula is C14H21N3O2. The quantitative estimate of drug-likeness (QED) is 0.875. The Labute approximate surface area is 113 Å². The van der Waals surface area contributed by atoms with Crippen LogP contribution in [0.2, 0.25) is 0 Å². The molecule has 1 fully saturated rings. The van der Waals surface area contributed by atoms with E-state index in [9.17, 15) is 9.90 Å². The Kier molecular flexibility index (Phi) is 3.93. The molecular weight excluding hydrogens is 242 g/mol. The first-order chi connectivity index (χ1) is 8.99. The molecule has 5 nitrogen and oxygen atoms in total. The van der Waals surface area contributed by atoms with Gasteiger partial charge in [-0.15, -0.1) is 0 Å². The van der Waals surface area contributed by atoms with Crippen LogP contribution in [0.15, 0.2) is 12.3 Å². The Morgan fingerprint density at radius 1 is 1.53 bits per heavy atom. The van der Waals surface area contributed by atoms with Crippen LogP contribution in [-0.4, -0.2) is 29.1 Å². The molecule has 0 saturated heterocycles. The molecule has 1 aromatic heterocycles. The molecule has 0 bridgehead atoms. The number of carbonyl (C=O) groups is 1. The lowest BCUT2D eigenvalue weighted by atomic mass is 9.86. The van der Waals surface area contributed by atoms with Crippen LogP contribution < -0.4 is 10.6 Å². The first-order valence-corrected chi connectivity index (χ1v) is 6.70. The van der Waals surface area contributed by atoms with Crippen LogP contribution in [0, 0.1) is 5.92 Å². The standard InChI is InChI=1S/C14H21N3O2/c1-9-4-3-5-11(6-9)17(2)13-12(14(18)19)7-10(15)8-16-13/h7-9,11H,3-6,15H2,1-2H3,(H,18,19). The molecule has 0 aromatic carbocycles. The van der Waals surface area contributed by atoms with Crippen molar-refractivity contribution in [3.8, 4) is 0 Å². The molecule has 0 aliphatic heterocycles. The fraction of sp³-hybridized carbons (Fsp3) is 0.571. The van der Waals surface area contributed by atoms with E-state index in [0.29, 0.717) is 23.5 Å². The maximum Gasteiger partial charge on any atom is 0.339 e. The van der Waals surface area contributed by atoms with Gasteiger partial charge in [0.1, 0.15) is 11.4 Å². The summed E-state index contributed by atoms with van der Waals surface area (Å²) in [6.45, 7) is 2.24. The van der Waals surface area contributed by atoms with Crippen LogP contribution in [0.1, 0.15) is 43.0 Å². The molecule has 0 spiro atoms. The van der Waals surface area contributed by atoms with E-state index in [1.165, 1.54) is 25.1 Å². The van der Waals surface area contributed by atoms with Crippen molar-refractivity contribution in [2.24, 2.45) is 5.92 Å². The highest BCUT2D eigenvalue weighted by Crippen LogP contribution is 2.30. The van der Waals surface area contributed by atoms with E-state index < -0.39 is 5.97 Å². The number of pyridine rings is 1. The topological polar surface area (TPSA) is 79.5 Å². The lowest BCUT2D eigenvalue weighted by Crippen LogP contribution is -2.37. The minimum absolute atomic E-state index is 0.181. The van der Waals surface area contributed by atoms with Gasteiger partial charge in [0.25, 0.3) is 0 Å². The van der Waals surface area contributed by atoms with Crippen LogP contribution in [0.5, 0.6) is 0 Å². The number of hydrogen-bond donors (Lipinski definition) is 2. The van der Waals surface area contributed by atoms with Crippen molar-refractivity contribution in [2.75, 3.05) is 17.7 Å². The lowest BCUT2D eigenvalue weighted by Gasteiger charge is -2.35. The summed E-state index contributed by atoms with van der Waals surface area (Å²) >= 11 is 0. The number of carboxylic acids is 1. The smallest absolute Gasteiger partial charge is 0.339 e. The van der Waals surface area contributed by atoms with Gasteiger partial charge >= 0.3 is 5.97 Å². The van der Waals surface area contributed by atoms with Gasteiger partial charge in [-0.25, -0.2) is 9.78 Å². The molecule has 104 valence electrons. The summed E-state index contributed by atoms with van der Waals surface area (Å²) in [4.78, 5) is 17.5. The molecule has 1 aliphatic rings. The second-order valence-electron chi connectivity index (χ2n) is 5.48. The molecule has 1 saturated carbocycles. The maximum atomic E-state index is 11.3. The zero-order chi connectivity index (χ0) is 14.0. The number of carboxylic acid groups (broad SMARTS) is 1. The minimum atomic E-state index is -0.981. The highest BCUT2D eigenvalue weighted by molar-refractivity contribution is 5.94. The third kappa shape index (κ3) is 2.97. The van der Waals surface area contributed by atoms with E-state index in [-0.39, 0.29) is 5.56 Å². The molecule has 1 heterocycles. The highest BCUT2D eigenvalue weighted by Gasteiger charge is 2.26. The van der Waals surface area contributed by atoms with Crippen LogP contribution in [-0.2, 0) is 0 Å². The predicted octanol–water partition coefficient (Wildman–Crippen LogP) is 2.38. The van der Waals surface area contributed by atoms with Crippen LogP contribution in [0.4, 0.5) is 11.5 Å². The van der Waals surface area contributed by atoms with Gasteiger partial charge in [-0.3, -0.25) is 0 Å². The van der Waals surface area contributed by atoms with Gasteiger partial charge in [0.05, 0.1) is 11.9 Å². The zero-order valence-corrected chi connectivity index (χ0v) is 11.5. The maximum absolute atomic E-state index is 11.3. The van der Waals surface area contributed by atoms with Crippen molar-refractivity contribution in [1.82, 2.24) is 4.98 Å². The summed E-state index contributed by atoms with van der Waals surface area (Å²) in [5, 5.41) is 9.27. The van der Waals surface area contributed by atoms with Gasteiger partial charge in [0, 0.05) is 13.1 Å². The number of nitrogen functional groups attached to an aromatic ring is 1. The highest BCUT2D eigenvalue weighted by atomic mass is 16.4. The minimum Gasteiger partial charge on any atom is -0.478 e. The van der Waals surface area contributed by atoms with E-state index >= 15 is 0 Å². The third-order valence-electron chi connectivity index (χ3n) is 3.91. The lowest BCUT2D eigenvalue weighted by molar-refractivity contribution is 0.0697. The number of hydrogen-bond acceptors (Lipinski definition) is 4. The first-order valence-electron chi connectivity index (χ1n) is 6.70. The van der Waals surface area contributed by atoms with Gasteiger partial charge in [-0.05, 0) is 24.8 Å². The van der Waals surface area contributed by atoms with Crippen molar-refractivity contribution in [2.45, 2.75) is 38.6 Å². The average Bonchev–Trinajstić information content (AvgIpc) is 2.37. The average molecular weight is 263 g/mol. The predicted molar refractivity (Wildman–Crippen MR) is 75.4 cm³/mol. The van der Waals surface area contributed by atoms with Crippen LogP contribution in [0.25, 0.3) is 0 Å². The molecule has 2 rings (SSSR count). The molecule has 1 aliphatic carbocycles. The van der Waals surface area contributed by atoms with E-state index in [4.69, 9.17) is 5.73 Å². The number of aromatic carboxylic acids is 1. The Morgan fingerprint density at radius 2 is 2.26 bits per heavy atom. The fourth-order valence-corrected chi connectivity index (χ4v) is 2.84. The van der Waals surface area contributed by atoms with Crippen molar-refractivity contribution >= 4 is 17.5 Å². The molecule has 0 amide bonds. The van der Waals surface area contributed by atoms with Gasteiger partial charge in [0.2, 0.25) is 0 Å². The SMILES string of the molecule is CC1CCCC(N(C)c2ncc(N)cc2C(=O)O)C1. The Bertz CT molecular complexity index is 476. The van der Waals surface area contributed by atoms with Crippen molar-refractivity contribution < 1.29 is 9.90 Å². The summed E-state index contributed by atoms with van der Waals surface area (Å²) in [6.07, 6.45) is 6.14. The number of nitrogens with two attached hydrogens (primary N) is 1. The molecule has 1 aromatic rings. The molecule has 0 radical (unpaired) electrons. The van der Waals surface area contributed by atoms with Gasteiger partial charge in [-0.1, -0.05) is 19.8 Å². The summed E-state index contributed by atoms with van der Waals surface area (Å²) < 4.78 is 0. The van der Waals surface area contributed by atoms with Crippen molar-refractivity contribution in [1.29, 1.82) is 0 Å². The monoisotopic (exact) mass is 263 g/mol. The normalized spacial score (nSPS) is 23.1. The fourth-order valence-electron chi connectivity index (χ4n) is 2.84. The van der Waals surface area contributed by atoms with E-state index in [0.717, 1.165) is 12.8 Å². The Hall–Kier alpha value is -1.78. The number of aromatic nitrogens is 1. The zero-order valence-electron chi connectivity index (χ0n) is 11.5. The Morgan fingerprint density at radius 3 is 2.89 bits per heavy atom. The van der Waals surface area contributed by atoms with E-state index in [2.05, 4.69) is 11.9 Å². The molecule has 2 unspecified atom stereocenters. The van der Waals surface area contributed by atoms with Crippen molar-refractivity contribution in [3.63, 3.8) is 0 Å². The van der Waals surface area contributed by atoms with Gasteiger partial charge < -0.3 is 15.7 Å². The van der Waals surface area contributed by atoms with Gasteiger partial charge in [0.15, 0.2) is 0 Å². The summed E-state index contributed by atoms with van der Waals surface area (Å²) in [6, 6.07) is 1.84. The number of rotatable bonds is 3. The van der Waals surface area contributed by atoms with Gasteiger partial charge in [-0.2, -0.15) is 0 Å². The first kappa shape index (κ1) is 13.6. The second kappa shape index (κ2) is 5.47. The number of nitrogens with zero attached hydrogens (tertiary/aromatic N) is 2. The van der Waals surface area contributed by atoms with Crippen LogP contribution >= 0.6 is 0 Å². The van der Waals surface area contributed by atoms with E-state index in [1.807, 2.05) is 11.9 Å². The summed E-state index contributed by atoms with van der Waals surface area (Å²) in [5.74, 6) is 0.217. The molecule has 2 atom stereocenters. The van der Waals surface area contributed by atoms with Crippen LogP contribution in [0.3, 0.4) is 0 Å². The largest absolute Gasteiger partial charge is 0.478 e. The molecule has 19 heavy (non-hydrogen) atoms. The Balaban J connectivity index is 2.27. The molecule has 5 heteroatoms. The number of anilines is 2. The molecule has 3 N–H and O–H groups in total. The second-order valence-corrected chi connectivity index (χ2v) is 5.48. The van der Waals surface area contributed by atoms with Crippen molar-refractivity contribution in [3.05, 3.63) is 17.8 Å².